The molecule has 3 heteroatoms. The van der Waals surface area contributed by atoms with E-state index in [0.29, 0.717) is 6.54 Å². The lowest BCUT2D eigenvalue weighted by atomic mass is 10.0. The van der Waals surface area contributed by atoms with Gasteiger partial charge in [0.1, 0.15) is 0 Å². The summed E-state index contributed by atoms with van der Waals surface area (Å²) in [4.78, 5) is 2.28. The molecule has 3 nitrogen and oxygen atoms in total. The van der Waals surface area contributed by atoms with Crippen LogP contribution in [0.2, 0.25) is 0 Å². The van der Waals surface area contributed by atoms with Crippen molar-refractivity contribution in [3.63, 3.8) is 0 Å². The number of aliphatic hydroxyl groups is 1. The molecule has 1 aromatic carbocycles. The molecular weight excluding hydrogens is 200 g/mol. The summed E-state index contributed by atoms with van der Waals surface area (Å²) in [5.74, 6) is 0. The fourth-order valence-electron chi connectivity index (χ4n) is 2.48. The maximum Gasteiger partial charge on any atom is 0.0679 e. The van der Waals surface area contributed by atoms with Crippen LogP contribution in [0.5, 0.6) is 0 Å². The van der Waals surface area contributed by atoms with Crippen molar-refractivity contribution in [3.8, 4) is 0 Å². The normalized spacial score (nSPS) is 23.6. The molecule has 1 aromatic rings. The molecule has 0 bridgehead atoms. The van der Waals surface area contributed by atoms with Gasteiger partial charge < -0.3 is 10.8 Å². The largest absolute Gasteiger partial charge is 0.392 e. The van der Waals surface area contributed by atoms with Gasteiger partial charge in [0.15, 0.2) is 0 Å². The van der Waals surface area contributed by atoms with Crippen LogP contribution in [0.15, 0.2) is 24.3 Å². The number of nitrogens with two attached hydrogens (primary N) is 1. The fourth-order valence-corrected chi connectivity index (χ4v) is 2.48. The standard InChI is InChI=1S/C13H20N2O/c1-10-4-2-3-5-12(10)13(8-14)15-7-6-11(16)9-15/h2-5,11,13,16H,6-9,14H2,1H3. The molecular formula is C13H20N2O. The van der Waals surface area contributed by atoms with Crippen molar-refractivity contribution in [1.29, 1.82) is 0 Å². The van der Waals surface area contributed by atoms with E-state index in [4.69, 9.17) is 5.73 Å². The summed E-state index contributed by atoms with van der Waals surface area (Å²) in [6, 6.07) is 8.60. The summed E-state index contributed by atoms with van der Waals surface area (Å²) in [6.07, 6.45) is 0.681. The third-order valence-electron chi connectivity index (χ3n) is 3.41. The molecule has 1 aliphatic heterocycles. The summed E-state index contributed by atoms with van der Waals surface area (Å²) >= 11 is 0. The molecule has 0 spiro atoms. The SMILES string of the molecule is Cc1ccccc1C(CN)N1CCC(O)C1. The van der Waals surface area contributed by atoms with Crippen LogP contribution in [-0.2, 0) is 0 Å². The highest BCUT2D eigenvalue weighted by atomic mass is 16.3. The van der Waals surface area contributed by atoms with Crippen LogP contribution in [0.3, 0.4) is 0 Å². The zero-order valence-electron chi connectivity index (χ0n) is 9.76. The predicted molar refractivity (Wildman–Crippen MR) is 65.2 cm³/mol. The van der Waals surface area contributed by atoms with Crippen LogP contribution in [0, 0.1) is 6.92 Å². The Morgan fingerprint density at radius 3 is 2.81 bits per heavy atom. The highest BCUT2D eigenvalue weighted by Crippen LogP contribution is 2.26. The summed E-state index contributed by atoms with van der Waals surface area (Å²) in [6.45, 7) is 4.41. The van der Waals surface area contributed by atoms with Crippen LogP contribution in [0.4, 0.5) is 0 Å². The molecule has 0 aliphatic carbocycles. The first-order valence-corrected chi connectivity index (χ1v) is 5.90. The fraction of sp³-hybridized carbons (Fsp3) is 0.538. The van der Waals surface area contributed by atoms with E-state index in [0.717, 1.165) is 19.5 Å². The van der Waals surface area contributed by atoms with Gasteiger partial charge in [-0.1, -0.05) is 24.3 Å². The first-order valence-electron chi connectivity index (χ1n) is 5.90. The zero-order chi connectivity index (χ0) is 11.5. The van der Waals surface area contributed by atoms with Crippen LogP contribution in [0.25, 0.3) is 0 Å². The molecule has 2 unspecified atom stereocenters. The number of benzene rings is 1. The number of rotatable bonds is 3. The second kappa shape index (κ2) is 4.95. The Morgan fingerprint density at radius 2 is 2.25 bits per heavy atom. The maximum atomic E-state index is 9.58. The van der Waals surface area contributed by atoms with E-state index < -0.39 is 0 Å². The summed E-state index contributed by atoms with van der Waals surface area (Å²) in [7, 11) is 0. The molecule has 1 heterocycles. The lowest BCUT2D eigenvalue weighted by Gasteiger charge is -2.27. The molecule has 1 saturated heterocycles. The van der Waals surface area contributed by atoms with Gasteiger partial charge >= 0.3 is 0 Å². The van der Waals surface area contributed by atoms with Gasteiger partial charge in [-0.3, -0.25) is 4.90 Å². The minimum atomic E-state index is -0.182. The number of hydrogen-bond donors (Lipinski definition) is 2. The Bertz CT molecular complexity index is 354. The Morgan fingerprint density at radius 1 is 1.50 bits per heavy atom. The van der Waals surface area contributed by atoms with Crippen molar-refractivity contribution >= 4 is 0 Å². The monoisotopic (exact) mass is 220 g/mol. The van der Waals surface area contributed by atoms with Crippen molar-refractivity contribution in [3.05, 3.63) is 35.4 Å². The Labute approximate surface area is 96.9 Å². The van der Waals surface area contributed by atoms with E-state index in [1.54, 1.807) is 0 Å². The van der Waals surface area contributed by atoms with Crippen LogP contribution in [-0.4, -0.2) is 35.7 Å². The number of aliphatic hydroxyl groups excluding tert-OH is 1. The molecule has 0 saturated carbocycles. The topological polar surface area (TPSA) is 49.5 Å². The lowest BCUT2D eigenvalue weighted by molar-refractivity contribution is 0.160. The average molecular weight is 220 g/mol. The minimum Gasteiger partial charge on any atom is -0.392 e. The van der Waals surface area contributed by atoms with Gasteiger partial charge in [-0.2, -0.15) is 0 Å². The van der Waals surface area contributed by atoms with Crippen LogP contribution < -0.4 is 5.73 Å². The molecule has 0 radical (unpaired) electrons. The predicted octanol–water partition coefficient (Wildman–Crippen LogP) is 1.06. The van der Waals surface area contributed by atoms with Crippen molar-refractivity contribution in [2.24, 2.45) is 5.73 Å². The lowest BCUT2D eigenvalue weighted by Crippen LogP contribution is -2.33. The molecule has 2 rings (SSSR count). The van der Waals surface area contributed by atoms with E-state index in [-0.39, 0.29) is 12.1 Å². The van der Waals surface area contributed by atoms with E-state index in [2.05, 4.69) is 30.0 Å². The number of aryl methyl sites for hydroxylation is 1. The smallest absolute Gasteiger partial charge is 0.0679 e. The van der Waals surface area contributed by atoms with Gasteiger partial charge in [-0.15, -0.1) is 0 Å². The second-order valence-electron chi connectivity index (χ2n) is 4.55. The molecule has 1 aliphatic rings. The van der Waals surface area contributed by atoms with Gasteiger partial charge in [0.2, 0.25) is 0 Å². The highest BCUT2D eigenvalue weighted by molar-refractivity contribution is 5.29. The van der Waals surface area contributed by atoms with E-state index in [1.165, 1.54) is 11.1 Å². The molecule has 88 valence electrons. The molecule has 0 aromatic heterocycles. The van der Waals surface area contributed by atoms with Crippen molar-refractivity contribution in [2.75, 3.05) is 19.6 Å². The first-order chi connectivity index (χ1) is 7.72. The molecule has 2 atom stereocenters. The third-order valence-corrected chi connectivity index (χ3v) is 3.41. The van der Waals surface area contributed by atoms with Crippen LogP contribution >= 0.6 is 0 Å². The summed E-state index contributed by atoms with van der Waals surface area (Å²) in [5, 5.41) is 9.58. The van der Waals surface area contributed by atoms with Crippen LogP contribution in [0.1, 0.15) is 23.6 Å². The molecule has 1 fully saturated rings. The maximum absolute atomic E-state index is 9.58. The van der Waals surface area contributed by atoms with Crippen molar-refractivity contribution in [2.45, 2.75) is 25.5 Å². The Balaban J connectivity index is 2.19. The van der Waals surface area contributed by atoms with Crippen molar-refractivity contribution in [1.82, 2.24) is 4.90 Å². The van der Waals surface area contributed by atoms with Gasteiger partial charge in [-0.25, -0.2) is 0 Å². The number of β-amino-alcohol motifs (C(OH)–C–C–N with tert-alkyl or cyclic N) is 1. The Kier molecular flexibility index (Phi) is 3.59. The van der Waals surface area contributed by atoms with Gasteiger partial charge in [0.05, 0.1) is 6.10 Å². The van der Waals surface area contributed by atoms with E-state index >= 15 is 0 Å². The number of likely N-dealkylation sites (tertiary alicyclic amines) is 1. The molecule has 3 N–H and O–H groups in total. The first kappa shape index (κ1) is 11.6. The third kappa shape index (κ3) is 2.26. The molecule has 16 heavy (non-hydrogen) atoms. The minimum absolute atomic E-state index is 0.182. The van der Waals surface area contributed by atoms with Crippen molar-refractivity contribution < 1.29 is 5.11 Å². The zero-order valence-corrected chi connectivity index (χ0v) is 9.76. The summed E-state index contributed by atoms with van der Waals surface area (Å²) in [5.41, 5.74) is 8.44. The molecule has 0 amide bonds. The highest BCUT2D eigenvalue weighted by Gasteiger charge is 2.27. The van der Waals surface area contributed by atoms with Gasteiger partial charge in [0, 0.05) is 25.7 Å². The quantitative estimate of drug-likeness (QED) is 0.801. The Hall–Kier alpha value is -0.900. The van der Waals surface area contributed by atoms with E-state index in [1.807, 2.05) is 6.07 Å². The van der Waals surface area contributed by atoms with Gasteiger partial charge in [-0.05, 0) is 24.5 Å². The second-order valence-corrected chi connectivity index (χ2v) is 4.55. The number of hydrogen-bond acceptors (Lipinski definition) is 3. The average Bonchev–Trinajstić information content (AvgIpc) is 2.69. The van der Waals surface area contributed by atoms with E-state index in [9.17, 15) is 5.11 Å². The van der Waals surface area contributed by atoms with Gasteiger partial charge in [0.25, 0.3) is 0 Å². The number of nitrogens with zero attached hydrogens (tertiary/aromatic N) is 1. The summed E-state index contributed by atoms with van der Waals surface area (Å²) < 4.78 is 0.